The molecule has 0 aromatic heterocycles. The first-order valence-electron chi connectivity index (χ1n) is 9.43. The van der Waals surface area contributed by atoms with Gasteiger partial charge in [-0.25, -0.2) is 4.99 Å². The van der Waals surface area contributed by atoms with E-state index in [-0.39, 0.29) is 5.91 Å². The lowest BCUT2D eigenvalue weighted by molar-refractivity contribution is -0.126. The molecule has 1 amide bonds. The van der Waals surface area contributed by atoms with E-state index >= 15 is 0 Å². The minimum absolute atomic E-state index is 0.0658. The molecule has 7 heteroatoms. The molecule has 0 aliphatic carbocycles. The number of benzene rings is 2. The molecular weight excluding hydrogens is 388 g/mol. The molecule has 2 aromatic carbocycles. The molecule has 0 bridgehead atoms. The van der Waals surface area contributed by atoms with Crippen molar-refractivity contribution < 1.29 is 19.0 Å². The van der Waals surface area contributed by atoms with Gasteiger partial charge in [0.1, 0.15) is 0 Å². The Bertz CT molecular complexity index is 888. The number of amidine groups is 1. The summed E-state index contributed by atoms with van der Waals surface area (Å²) in [6, 6.07) is 11.7. The zero-order valence-electron chi connectivity index (χ0n) is 17.2. The Morgan fingerprint density at radius 1 is 1.10 bits per heavy atom. The van der Waals surface area contributed by atoms with Crippen LogP contribution in [0.5, 0.6) is 17.2 Å². The molecule has 1 aliphatic heterocycles. The van der Waals surface area contributed by atoms with Gasteiger partial charge < -0.3 is 14.2 Å². The number of rotatable bonds is 7. The molecular formula is C22H26N2O4S. The lowest BCUT2D eigenvalue weighted by Crippen LogP contribution is -2.31. The first kappa shape index (κ1) is 21.0. The van der Waals surface area contributed by atoms with Crippen molar-refractivity contribution in [1.82, 2.24) is 4.90 Å². The topological polar surface area (TPSA) is 60.4 Å². The Morgan fingerprint density at radius 3 is 2.41 bits per heavy atom. The summed E-state index contributed by atoms with van der Waals surface area (Å²) in [5.74, 6) is 2.66. The van der Waals surface area contributed by atoms with Crippen LogP contribution in [0.3, 0.4) is 0 Å². The molecule has 0 spiro atoms. The molecule has 1 heterocycles. The summed E-state index contributed by atoms with van der Waals surface area (Å²) >= 11 is 1.62. The second-order valence-corrected chi connectivity index (χ2v) is 7.67. The van der Waals surface area contributed by atoms with E-state index in [1.54, 1.807) is 38.0 Å². The van der Waals surface area contributed by atoms with Gasteiger partial charge in [-0.1, -0.05) is 30.0 Å². The smallest absolute Gasteiger partial charge is 0.228 e. The van der Waals surface area contributed by atoms with Gasteiger partial charge in [0.2, 0.25) is 11.7 Å². The number of carbonyl (C=O) groups is 1. The molecule has 6 nitrogen and oxygen atoms in total. The van der Waals surface area contributed by atoms with E-state index in [0.717, 1.165) is 27.7 Å². The van der Waals surface area contributed by atoms with E-state index in [1.165, 1.54) is 0 Å². The number of ether oxygens (including phenoxy) is 3. The fraction of sp³-hybridized carbons (Fsp3) is 0.364. The van der Waals surface area contributed by atoms with Crippen LogP contribution in [0.4, 0.5) is 5.69 Å². The minimum atomic E-state index is 0.0658. The lowest BCUT2D eigenvalue weighted by atomic mass is 10.1. The number of hydrogen-bond acceptors (Lipinski definition) is 6. The van der Waals surface area contributed by atoms with Crippen LogP contribution in [0, 0.1) is 6.92 Å². The van der Waals surface area contributed by atoms with Crippen LogP contribution in [0.1, 0.15) is 17.5 Å². The number of amides is 1. The average molecular weight is 415 g/mol. The van der Waals surface area contributed by atoms with Crippen LogP contribution in [-0.2, 0) is 11.2 Å². The zero-order valence-corrected chi connectivity index (χ0v) is 18.0. The monoisotopic (exact) mass is 414 g/mol. The molecule has 3 rings (SSSR count). The summed E-state index contributed by atoms with van der Waals surface area (Å²) in [4.78, 5) is 19.4. The number of methoxy groups -OCH3 is 3. The van der Waals surface area contributed by atoms with Crippen LogP contribution in [0.15, 0.2) is 41.4 Å². The Kier molecular flexibility index (Phi) is 7.04. The number of carbonyl (C=O) groups excluding carboxylic acids is 1. The van der Waals surface area contributed by atoms with Gasteiger partial charge in [-0.2, -0.15) is 0 Å². The summed E-state index contributed by atoms with van der Waals surface area (Å²) in [7, 11) is 4.74. The summed E-state index contributed by atoms with van der Waals surface area (Å²) in [5.41, 5.74) is 2.95. The molecule has 154 valence electrons. The van der Waals surface area contributed by atoms with Gasteiger partial charge in [-0.15, -0.1) is 0 Å². The van der Waals surface area contributed by atoms with Crippen molar-refractivity contribution in [3.63, 3.8) is 0 Å². The first-order chi connectivity index (χ1) is 14.1. The minimum Gasteiger partial charge on any atom is -0.493 e. The highest BCUT2D eigenvalue weighted by Crippen LogP contribution is 2.38. The van der Waals surface area contributed by atoms with Gasteiger partial charge >= 0.3 is 0 Å². The van der Waals surface area contributed by atoms with Crippen LogP contribution in [0.25, 0.3) is 0 Å². The lowest BCUT2D eigenvalue weighted by Gasteiger charge is -2.17. The fourth-order valence-electron chi connectivity index (χ4n) is 3.18. The molecule has 0 N–H and O–H groups in total. The van der Waals surface area contributed by atoms with E-state index in [2.05, 4.69) is 0 Å². The third-order valence-corrected chi connectivity index (χ3v) is 5.72. The van der Waals surface area contributed by atoms with Crippen molar-refractivity contribution in [2.75, 3.05) is 33.6 Å². The predicted molar refractivity (Wildman–Crippen MR) is 117 cm³/mol. The largest absolute Gasteiger partial charge is 0.493 e. The number of thioether (sulfide) groups is 1. The van der Waals surface area contributed by atoms with Gasteiger partial charge in [0.15, 0.2) is 16.7 Å². The third kappa shape index (κ3) is 4.85. The molecule has 1 fully saturated rings. The van der Waals surface area contributed by atoms with Crippen molar-refractivity contribution in [2.24, 2.45) is 4.99 Å². The molecule has 0 unspecified atom stereocenters. The van der Waals surface area contributed by atoms with Gasteiger partial charge in [-0.3, -0.25) is 9.69 Å². The Balaban J connectivity index is 1.73. The van der Waals surface area contributed by atoms with Crippen LogP contribution < -0.4 is 14.2 Å². The van der Waals surface area contributed by atoms with E-state index in [1.807, 2.05) is 43.3 Å². The number of nitrogens with zero attached hydrogens (tertiary/aromatic N) is 2. The second kappa shape index (κ2) is 9.69. The summed E-state index contributed by atoms with van der Waals surface area (Å²) in [6.45, 7) is 2.71. The normalized spacial score (nSPS) is 14.9. The van der Waals surface area contributed by atoms with Crippen molar-refractivity contribution in [1.29, 1.82) is 0 Å². The highest BCUT2D eigenvalue weighted by molar-refractivity contribution is 8.14. The highest BCUT2D eigenvalue weighted by Gasteiger charge is 2.26. The zero-order chi connectivity index (χ0) is 20.8. The van der Waals surface area contributed by atoms with Gasteiger partial charge in [0, 0.05) is 18.7 Å². The molecule has 0 saturated carbocycles. The number of aliphatic imine (C=N–C) groups is 1. The van der Waals surface area contributed by atoms with E-state index in [9.17, 15) is 4.79 Å². The summed E-state index contributed by atoms with van der Waals surface area (Å²) in [6.07, 6.45) is 0.959. The van der Waals surface area contributed by atoms with E-state index in [0.29, 0.717) is 36.6 Å². The van der Waals surface area contributed by atoms with Crippen molar-refractivity contribution in [2.45, 2.75) is 19.8 Å². The summed E-state index contributed by atoms with van der Waals surface area (Å²) in [5, 5.41) is 0.772. The standard InChI is InChI=1S/C22H26N2O4S/c1-15-7-5-6-8-17(15)23-22-24(11-12-29-22)20(25)10-9-16-13-18(26-2)21(28-4)19(14-16)27-3/h5-8,13-14H,9-12H2,1-4H3. The molecule has 2 aromatic rings. The maximum Gasteiger partial charge on any atom is 0.228 e. The number of hydrogen-bond donors (Lipinski definition) is 0. The van der Waals surface area contributed by atoms with Crippen LogP contribution >= 0.6 is 11.8 Å². The Labute approximate surface area is 175 Å². The first-order valence-corrected chi connectivity index (χ1v) is 10.4. The molecule has 0 radical (unpaired) electrons. The van der Waals surface area contributed by atoms with Crippen LogP contribution in [0.2, 0.25) is 0 Å². The maximum absolute atomic E-state index is 12.9. The van der Waals surface area contributed by atoms with E-state index < -0.39 is 0 Å². The van der Waals surface area contributed by atoms with Crippen molar-refractivity contribution in [3.8, 4) is 17.2 Å². The molecule has 0 atom stereocenters. The molecule has 1 saturated heterocycles. The number of para-hydroxylation sites is 1. The van der Waals surface area contributed by atoms with Gasteiger partial charge in [0.25, 0.3) is 0 Å². The predicted octanol–water partition coefficient (Wildman–Crippen LogP) is 4.22. The maximum atomic E-state index is 12.9. The summed E-state index contributed by atoms with van der Waals surface area (Å²) < 4.78 is 16.2. The highest BCUT2D eigenvalue weighted by atomic mass is 32.2. The van der Waals surface area contributed by atoms with Crippen LogP contribution in [-0.4, -0.2) is 49.6 Å². The molecule has 29 heavy (non-hydrogen) atoms. The Hall–Kier alpha value is -2.67. The second-order valence-electron chi connectivity index (χ2n) is 6.61. The third-order valence-electron chi connectivity index (χ3n) is 4.76. The van der Waals surface area contributed by atoms with Gasteiger partial charge in [0.05, 0.1) is 27.0 Å². The van der Waals surface area contributed by atoms with Crippen molar-refractivity contribution in [3.05, 3.63) is 47.5 Å². The average Bonchev–Trinajstić information content (AvgIpc) is 3.21. The quantitative estimate of drug-likeness (QED) is 0.679. The Morgan fingerprint density at radius 2 is 1.79 bits per heavy atom. The number of aryl methyl sites for hydroxylation is 2. The van der Waals surface area contributed by atoms with Gasteiger partial charge in [-0.05, 0) is 42.7 Å². The SMILES string of the molecule is COc1cc(CCC(=O)N2CCSC2=Nc2ccccc2C)cc(OC)c1OC. The fourth-order valence-corrected chi connectivity index (χ4v) is 4.15. The van der Waals surface area contributed by atoms with Crippen molar-refractivity contribution >= 4 is 28.5 Å². The van der Waals surface area contributed by atoms with E-state index in [4.69, 9.17) is 19.2 Å². The molecule has 1 aliphatic rings.